The van der Waals surface area contributed by atoms with Crippen molar-refractivity contribution in [3.05, 3.63) is 63.6 Å². The van der Waals surface area contributed by atoms with Crippen molar-refractivity contribution in [1.82, 2.24) is 10.2 Å². The summed E-state index contributed by atoms with van der Waals surface area (Å²) < 4.78 is 52.7. The second kappa shape index (κ2) is 14.6. The molecule has 2 amide bonds. The first-order chi connectivity index (χ1) is 17.9. The summed E-state index contributed by atoms with van der Waals surface area (Å²) in [6, 6.07) is 6.98. The zero-order valence-corrected chi connectivity index (χ0v) is 24.0. The number of hydrogen-bond donors (Lipinski definition) is 1. The molecule has 0 spiro atoms. The standard InChI is InChI=1S/C26H33Cl2F2N3O4S/c1-4-6-13-31-26(35)24(5-2)32(17-18-9-11-20(27)21(28)15-18)25(34)8-7-14-33(38(3,36)37)19-10-12-22(29)23(30)16-19/h9-12,15-16,24H,4-8,13-14,17H2,1-3H3,(H,31,35)/t24-/m0/s1. The molecule has 2 aromatic carbocycles. The predicted octanol–water partition coefficient (Wildman–Crippen LogP) is 5.54. The number of unbranched alkanes of at least 4 members (excludes halogenated alkanes) is 1. The van der Waals surface area contributed by atoms with Gasteiger partial charge in [-0.2, -0.15) is 0 Å². The summed E-state index contributed by atoms with van der Waals surface area (Å²) in [4.78, 5) is 27.8. The third kappa shape index (κ3) is 9.10. The van der Waals surface area contributed by atoms with Crippen LogP contribution in [-0.2, 0) is 26.2 Å². The minimum atomic E-state index is -3.84. The van der Waals surface area contributed by atoms with Gasteiger partial charge < -0.3 is 10.2 Å². The molecule has 12 heteroatoms. The molecular formula is C26H33Cl2F2N3O4S. The van der Waals surface area contributed by atoms with Gasteiger partial charge in [0.25, 0.3) is 0 Å². The molecule has 1 atom stereocenters. The van der Waals surface area contributed by atoms with E-state index in [2.05, 4.69) is 5.32 Å². The number of carbonyl (C=O) groups excluding carboxylic acids is 2. The van der Waals surface area contributed by atoms with E-state index in [9.17, 15) is 26.8 Å². The average Bonchev–Trinajstić information content (AvgIpc) is 2.85. The summed E-state index contributed by atoms with van der Waals surface area (Å²) in [5.41, 5.74) is 0.625. The topological polar surface area (TPSA) is 86.8 Å². The lowest BCUT2D eigenvalue weighted by molar-refractivity contribution is -0.141. The van der Waals surface area contributed by atoms with Gasteiger partial charge in [-0.25, -0.2) is 17.2 Å². The van der Waals surface area contributed by atoms with E-state index in [1.807, 2.05) is 6.92 Å². The molecule has 7 nitrogen and oxygen atoms in total. The Balaban J connectivity index is 2.24. The molecule has 0 fully saturated rings. The number of nitrogens with zero attached hydrogens (tertiary/aromatic N) is 2. The number of rotatable bonds is 14. The van der Waals surface area contributed by atoms with E-state index >= 15 is 0 Å². The van der Waals surface area contributed by atoms with Crippen molar-refractivity contribution in [3.8, 4) is 0 Å². The average molecular weight is 593 g/mol. The highest BCUT2D eigenvalue weighted by molar-refractivity contribution is 7.92. The summed E-state index contributed by atoms with van der Waals surface area (Å²) in [5.74, 6) is -2.93. The lowest BCUT2D eigenvalue weighted by Crippen LogP contribution is -2.49. The van der Waals surface area contributed by atoms with E-state index in [4.69, 9.17) is 23.2 Å². The molecule has 0 aliphatic carbocycles. The van der Waals surface area contributed by atoms with Crippen LogP contribution in [0.5, 0.6) is 0 Å². The first kappa shape index (κ1) is 31.8. The molecule has 2 rings (SSSR count). The lowest BCUT2D eigenvalue weighted by Gasteiger charge is -2.31. The summed E-state index contributed by atoms with van der Waals surface area (Å²) in [5, 5.41) is 3.54. The summed E-state index contributed by atoms with van der Waals surface area (Å²) in [7, 11) is -3.84. The Morgan fingerprint density at radius 2 is 1.71 bits per heavy atom. The molecule has 0 saturated heterocycles. The van der Waals surface area contributed by atoms with Crippen LogP contribution >= 0.6 is 23.2 Å². The van der Waals surface area contributed by atoms with E-state index in [1.165, 1.54) is 4.90 Å². The summed E-state index contributed by atoms with van der Waals surface area (Å²) in [6.07, 6.45) is 2.99. The minimum absolute atomic E-state index is 0.0479. The Morgan fingerprint density at radius 3 is 2.29 bits per heavy atom. The maximum Gasteiger partial charge on any atom is 0.242 e. The first-order valence-electron chi connectivity index (χ1n) is 12.3. The zero-order chi connectivity index (χ0) is 28.5. The fraction of sp³-hybridized carbons (Fsp3) is 0.462. The van der Waals surface area contributed by atoms with Crippen molar-refractivity contribution in [2.45, 2.75) is 58.5 Å². The molecule has 210 valence electrons. The van der Waals surface area contributed by atoms with Crippen molar-refractivity contribution in [2.24, 2.45) is 0 Å². The van der Waals surface area contributed by atoms with Gasteiger partial charge >= 0.3 is 0 Å². The number of sulfonamides is 1. The van der Waals surface area contributed by atoms with Crippen molar-refractivity contribution in [3.63, 3.8) is 0 Å². The summed E-state index contributed by atoms with van der Waals surface area (Å²) in [6.45, 7) is 4.24. The Labute approximate surface area is 233 Å². The first-order valence-corrected chi connectivity index (χ1v) is 14.9. The molecule has 2 aromatic rings. The number of anilines is 1. The van der Waals surface area contributed by atoms with Gasteiger partial charge in [0.2, 0.25) is 21.8 Å². The number of hydrogen-bond acceptors (Lipinski definition) is 4. The van der Waals surface area contributed by atoms with Crippen molar-refractivity contribution in [1.29, 1.82) is 0 Å². The smallest absolute Gasteiger partial charge is 0.242 e. The van der Waals surface area contributed by atoms with Crippen LogP contribution in [0.3, 0.4) is 0 Å². The highest BCUT2D eigenvalue weighted by atomic mass is 35.5. The molecule has 0 aromatic heterocycles. The molecule has 0 aliphatic heterocycles. The molecule has 0 saturated carbocycles. The largest absolute Gasteiger partial charge is 0.354 e. The molecule has 0 unspecified atom stereocenters. The maximum atomic E-state index is 13.7. The van der Waals surface area contributed by atoms with E-state index in [-0.39, 0.29) is 43.4 Å². The third-order valence-corrected chi connectivity index (χ3v) is 7.83. The zero-order valence-electron chi connectivity index (χ0n) is 21.6. The van der Waals surface area contributed by atoms with Crippen LogP contribution in [0.15, 0.2) is 36.4 Å². The normalized spacial score (nSPS) is 12.2. The van der Waals surface area contributed by atoms with Crippen molar-refractivity contribution in [2.75, 3.05) is 23.7 Å². The highest BCUT2D eigenvalue weighted by Crippen LogP contribution is 2.25. The van der Waals surface area contributed by atoms with Crippen molar-refractivity contribution >= 4 is 50.7 Å². The van der Waals surface area contributed by atoms with E-state index in [0.29, 0.717) is 28.6 Å². The monoisotopic (exact) mass is 591 g/mol. The molecule has 38 heavy (non-hydrogen) atoms. The maximum absolute atomic E-state index is 13.7. The van der Waals surface area contributed by atoms with Crippen LogP contribution in [0.4, 0.5) is 14.5 Å². The number of amides is 2. The number of nitrogens with one attached hydrogen (secondary N) is 1. The number of carbonyl (C=O) groups is 2. The van der Waals surface area contributed by atoms with Crippen LogP contribution in [0.1, 0.15) is 51.5 Å². The Kier molecular flexibility index (Phi) is 12.3. The van der Waals surface area contributed by atoms with Gasteiger partial charge in [-0.3, -0.25) is 13.9 Å². The molecule has 0 aliphatic rings. The van der Waals surface area contributed by atoms with Gasteiger partial charge in [-0.15, -0.1) is 0 Å². The van der Waals surface area contributed by atoms with Crippen molar-refractivity contribution < 1.29 is 26.8 Å². The Bertz CT molecular complexity index is 1230. The quantitative estimate of drug-likeness (QED) is 0.292. The van der Waals surface area contributed by atoms with E-state index < -0.39 is 27.7 Å². The fourth-order valence-electron chi connectivity index (χ4n) is 3.90. The van der Waals surface area contributed by atoms with E-state index in [1.54, 1.807) is 25.1 Å². The second-order valence-electron chi connectivity index (χ2n) is 8.88. The lowest BCUT2D eigenvalue weighted by atomic mass is 10.1. The van der Waals surface area contributed by atoms with Gasteiger partial charge in [-0.05, 0) is 49.1 Å². The van der Waals surface area contributed by atoms with Crippen LogP contribution in [-0.4, -0.2) is 50.5 Å². The van der Waals surface area contributed by atoms with Gasteiger partial charge in [0, 0.05) is 32.1 Å². The Hall–Kier alpha value is -2.43. The van der Waals surface area contributed by atoms with Crippen LogP contribution in [0.25, 0.3) is 0 Å². The van der Waals surface area contributed by atoms with Crippen LogP contribution in [0.2, 0.25) is 10.0 Å². The SMILES string of the molecule is CCCCNC(=O)[C@H](CC)N(Cc1ccc(Cl)c(Cl)c1)C(=O)CCCN(c1ccc(F)c(F)c1)S(C)(=O)=O. The molecular weight excluding hydrogens is 559 g/mol. The predicted molar refractivity (Wildman–Crippen MR) is 147 cm³/mol. The van der Waals surface area contributed by atoms with Gasteiger partial charge in [0.05, 0.1) is 22.0 Å². The number of halogens is 4. The highest BCUT2D eigenvalue weighted by Gasteiger charge is 2.29. The summed E-state index contributed by atoms with van der Waals surface area (Å²) >= 11 is 12.2. The second-order valence-corrected chi connectivity index (χ2v) is 11.6. The molecule has 1 N–H and O–H groups in total. The fourth-order valence-corrected chi connectivity index (χ4v) is 5.18. The molecule has 0 heterocycles. The van der Waals surface area contributed by atoms with Crippen LogP contribution in [0, 0.1) is 11.6 Å². The van der Waals surface area contributed by atoms with Gasteiger partial charge in [0.1, 0.15) is 6.04 Å². The number of benzene rings is 2. The van der Waals surface area contributed by atoms with Gasteiger partial charge in [0.15, 0.2) is 11.6 Å². The third-order valence-electron chi connectivity index (χ3n) is 5.90. The molecule has 0 radical (unpaired) electrons. The van der Waals surface area contributed by atoms with Crippen LogP contribution < -0.4 is 9.62 Å². The Morgan fingerprint density at radius 1 is 1.00 bits per heavy atom. The van der Waals surface area contributed by atoms with E-state index in [0.717, 1.165) is 41.6 Å². The molecule has 0 bridgehead atoms. The van der Waals surface area contributed by atoms with Gasteiger partial charge in [-0.1, -0.05) is 49.5 Å². The minimum Gasteiger partial charge on any atom is -0.354 e.